The zero-order valence-electron chi connectivity index (χ0n) is 19.1. The number of aromatic nitrogens is 4. The number of anilines is 2. The van der Waals surface area contributed by atoms with Gasteiger partial charge in [-0.2, -0.15) is 4.98 Å². The lowest BCUT2D eigenvalue weighted by Gasteiger charge is -2.39. The summed E-state index contributed by atoms with van der Waals surface area (Å²) in [6.07, 6.45) is 3.00. The molecule has 2 aliphatic heterocycles. The summed E-state index contributed by atoms with van der Waals surface area (Å²) >= 11 is 0. The first kappa shape index (κ1) is 22.1. The van der Waals surface area contributed by atoms with Gasteiger partial charge in [-0.15, -0.1) is 5.10 Å². The van der Waals surface area contributed by atoms with Crippen LogP contribution >= 0.6 is 0 Å². The molecule has 2 bridgehead atoms. The highest BCUT2D eigenvalue weighted by Crippen LogP contribution is 2.40. The molecule has 4 atom stereocenters. The summed E-state index contributed by atoms with van der Waals surface area (Å²) in [7, 11) is 1.61. The second-order valence-corrected chi connectivity index (χ2v) is 9.26. The summed E-state index contributed by atoms with van der Waals surface area (Å²) in [5, 5.41) is 8.08. The average Bonchev–Trinajstić information content (AvgIpc) is 3.38. The number of ether oxygens (including phenoxy) is 2. The van der Waals surface area contributed by atoms with E-state index >= 15 is 0 Å². The van der Waals surface area contributed by atoms with Gasteiger partial charge >= 0.3 is 0 Å². The van der Waals surface area contributed by atoms with Crippen LogP contribution < -0.4 is 15.0 Å². The molecule has 0 amide bonds. The normalized spacial score (nSPS) is 25.4. The van der Waals surface area contributed by atoms with Crippen molar-refractivity contribution in [3.05, 3.63) is 59.3 Å². The van der Waals surface area contributed by atoms with Gasteiger partial charge in [0.05, 0.1) is 20.3 Å². The molecule has 184 valence electrons. The number of hydrogen-bond acceptors (Lipinski definition) is 7. The van der Waals surface area contributed by atoms with E-state index in [1.54, 1.807) is 18.0 Å². The number of methoxy groups -OCH3 is 1. The zero-order chi connectivity index (χ0) is 24.1. The summed E-state index contributed by atoms with van der Waals surface area (Å²) in [5.74, 6) is -1.80. The summed E-state index contributed by atoms with van der Waals surface area (Å²) in [5.41, 5.74) is 1.00. The second kappa shape index (κ2) is 8.71. The van der Waals surface area contributed by atoms with Crippen LogP contribution in [0.1, 0.15) is 30.3 Å². The highest BCUT2D eigenvalue weighted by Gasteiger charge is 2.43. The van der Waals surface area contributed by atoms with Crippen molar-refractivity contribution in [2.75, 3.05) is 37.0 Å². The van der Waals surface area contributed by atoms with Crippen LogP contribution in [-0.4, -0.2) is 52.6 Å². The largest absolute Gasteiger partial charge is 0.481 e. The average molecular weight is 486 g/mol. The Morgan fingerprint density at radius 3 is 2.66 bits per heavy atom. The van der Waals surface area contributed by atoms with Crippen LogP contribution in [0.3, 0.4) is 0 Å². The summed E-state index contributed by atoms with van der Waals surface area (Å²) in [6.45, 7) is 2.49. The van der Waals surface area contributed by atoms with Crippen molar-refractivity contribution in [3.63, 3.8) is 0 Å². The molecule has 11 heteroatoms. The standard InChI is InChI=1S/C24H25F3N6O2/c1-34-18-10-15(6-7-28-18)32-11-13-2-3-14(12-32)21(13)29-24-30-23-22(35-9-8-33(23)31-24)16-4-5-17(25)20(27)19(16)26/h4-7,10,13-14,21-22H,2-3,8-9,11-12H2,1H3,(H,29,31)/t13-,14+,21?,22?. The molecule has 1 N–H and O–H groups in total. The molecule has 3 aliphatic rings. The third-order valence-corrected chi connectivity index (χ3v) is 7.29. The Hall–Kier alpha value is -3.34. The molecule has 0 spiro atoms. The third kappa shape index (κ3) is 3.87. The van der Waals surface area contributed by atoms with Crippen molar-refractivity contribution in [3.8, 4) is 5.88 Å². The molecular formula is C24H25F3N6O2. The van der Waals surface area contributed by atoms with Crippen LogP contribution in [0.4, 0.5) is 24.8 Å². The minimum Gasteiger partial charge on any atom is -0.481 e. The van der Waals surface area contributed by atoms with Gasteiger partial charge in [-0.05, 0) is 42.9 Å². The van der Waals surface area contributed by atoms with E-state index in [-0.39, 0.29) is 18.2 Å². The summed E-state index contributed by atoms with van der Waals surface area (Å²) in [6, 6.07) is 6.25. The number of benzene rings is 1. The van der Waals surface area contributed by atoms with Gasteiger partial charge < -0.3 is 19.7 Å². The number of piperidine rings is 1. The minimum absolute atomic E-state index is 0.0926. The molecule has 2 unspecified atom stereocenters. The van der Waals surface area contributed by atoms with Crippen LogP contribution in [0.2, 0.25) is 0 Å². The fourth-order valence-electron chi connectivity index (χ4n) is 5.60. The van der Waals surface area contributed by atoms with Gasteiger partial charge in [-0.3, -0.25) is 0 Å². The zero-order valence-corrected chi connectivity index (χ0v) is 19.1. The molecule has 35 heavy (non-hydrogen) atoms. The second-order valence-electron chi connectivity index (χ2n) is 9.26. The quantitative estimate of drug-likeness (QED) is 0.553. The summed E-state index contributed by atoms with van der Waals surface area (Å²) < 4.78 is 54.4. The number of halogens is 3. The van der Waals surface area contributed by atoms with Crippen molar-refractivity contribution in [2.45, 2.75) is 31.5 Å². The monoisotopic (exact) mass is 486 g/mol. The molecular weight excluding hydrogens is 461 g/mol. The van der Waals surface area contributed by atoms with Gasteiger partial charge in [-0.1, -0.05) is 0 Å². The van der Waals surface area contributed by atoms with Crippen LogP contribution in [0.15, 0.2) is 30.5 Å². The first-order valence-electron chi connectivity index (χ1n) is 11.7. The van der Waals surface area contributed by atoms with Gasteiger partial charge in [-0.25, -0.2) is 22.8 Å². The maximum absolute atomic E-state index is 14.5. The summed E-state index contributed by atoms with van der Waals surface area (Å²) in [4.78, 5) is 11.2. The van der Waals surface area contributed by atoms with Crippen molar-refractivity contribution < 1.29 is 22.6 Å². The van der Waals surface area contributed by atoms with E-state index in [4.69, 9.17) is 9.47 Å². The van der Waals surface area contributed by atoms with E-state index in [9.17, 15) is 13.2 Å². The minimum atomic E-state index is -1.52. The van der Waals surface area contributed by atoms with Crippen molar-refractivity contribution in [1.29, 1.82) is 0 Å². The lowest BCUT2D eigenvalue weighted by atomic mass is 9.92. The van der Waals surface area contributed by atoms with Gasteiger partial charge in [0.1, 0.15) is 6.10 Å². The number of nitrogens with one attached hydrogen (secondary N) is 1. The number of pyridine rings is 1. The molecule has 3 aromatic rings. The van der Waals surface area contributed by atoms with Gasteiger partial charge in [0.15, 0.2) is 23.3 Å². The Kier molecular flexibility index (Phi) is 5.51. The Morgan fingerprint density at radius 1 is 1.09 bits per heavy atom. The van der Waals surface area contributed by atoms with Gasteiger partial charge in [0.2, 0.25) is 11.8 Å². The number of rotatable bonds is 5. The topological polar surface area (TPSA) is 77.3 Å². The van der Waals surface area contributed by atoms with Crippen LogP contribution in [0.5, 0.6) is 5.88 Å². The molecule has 2 fully saturated rings. The number of fused-ring (bicyclic) bond motifs is 3. The smallest absolute Gasteiger partial charge is 0.242 e. The maximum atomic E-state index is 14.5. The van der Waals surface area contributed by atoms with Crippen LogP contribution in [0, 0.1) is 29.3 Å². The van der Waals surface area contributed by atoms with E-state index in [1.807, 2.05) is 12.1 Å². The first-order chi connectivity index (χ1) is 17.0. The Morgan fingerprint density at radius 2 is 1.89 bits per heavy atom. The molecule has 0 radical (unpaired) electrons. The van der Waals surface area contributed by atoms with Gasteiger partial charge in [0, 0.05) is 42.6 Å². The van der Waals surface area contributed by atoms with E-state index in [1.165, 1.54) is 6.07 Å². The molecule has 1 aromatic carbocycles. The van der Waals surface area contributed by atoms with E-state index < -0.39 is 23.6 Å². The highest BCUT2D eigenvalue weighted by molar-refractivity contribution is 5.49. The molecule has 1 saturated heterocycles. The fraction of sp³-hybridized carbons (Fsp3) is 0.458. The highest BCUT2D eigenvalue weighted by atomic mass is 19.2. The molecule has 2 aromatic heterocycles. The van der Waals surface area contributed by atoms with Crippen molar-refractivity contribution >= 4 is 11.6 Å². The fourth-order valence-corrected chi connectivity index (χ4v) is 5.60. The molecule has 4 heterocycles. The molecule has 1 aliphatic carbocycles. The third-order valence-electron chi connectivity index (χ3n) is 7.29. The van der Waals surface area contributed by atoms with E-state index in [0.29, 0.717) is 36.0 Å². The number of nitrogens with zero attached hydrogens (tertiary/aromatic N) is 5. The Balaban J connectivity index is 1.21. The van der Waals surface area contributed by atoms with Crippen molar-refractivity contribution in [1.82, 2.24) is 19.7 Å². The SMILES string of the molecule is COc1cc(N2C[C@H]3CC[C@@H](C2)C3Nc2nc3n(n2)CCOC3c2ccc(F)c(F)c2F)ccn1. The molecule has 6 rings (SSSR count). The van der Waals surface area contributed by atoms with E-state index in [0.717, 1.165) is 37.7 Å². The lowest BCUT2D eigenvalue weighted by Crippen LogP contribution is -2.48. The molecule has 8 nitrogen and oxygen atoms in total. The van der Waals surface area contributed by atoms with E-state index in [2.05, 4.69) is 25.3 Å². The Bertz CT molecular complexity index is 1240. The van der Waals surface area contributed by atoms with Crippen LogP contribution in [-0.2, 0) is 11.3 Å². The molecule has 1 saturated carbocycles. The lowest BCUT2D eigenvalue weighted by molar-refractivity contribution is 0.0364. The number of hydrogen-bond donors (Lipinski definition) is 1. The van der Waals surface area contributed by atoms with Gasteiger partial charge in [0.25, 0.3) is 0 Å². The van der Waals surface area contributed by atoms with Crippen LogP contribution in [0.25, 0.3) is 0 Å². The predicted octanol–water partition coefficient (Wildman–Crippen LogP) is 3.55. The van der Waals surface area contributed by atoms with Crippen molar-refractivity contribution in [2.24, 2.45) is 11.8 Å². The predicted molar refractivity (Wildman–Crippen MR) is 121 cm³/mol. The Labute approximate surface area is 200 Å². The maximum Gasteiger partial charge on any atom is 0.242 e. The first-order valence-corrected chi connectivity index (χ1v) is 11.7.